The van der Waals surface area contributed by atoms with E-state index in [-0.39, 0.29) is 5.91 Å². The van der Waals surface area contributed by atoms with Crippen LogP contribution in [0.2, 0.25) is 0 Å². The highest BCUT2D eigenvalue weighted by molar-refractivity contribution is 7.16. The number of thiazole rings is 1. The van der Waals surface area contributed by atoms with Crippen molar-refractivity contribution < 1.29 is 14.3 Å². The lowest BCUT2D eigenvalue weighted by Crippen LogP contribution is -2.20. The summed E-state index contributed by atoms with van der Waals surface area (Å²) in [5.41, 5.74) is 2.59. The molecular formula is C21H24N2O3S. The molecule has 0 spiro atoms. The van der Waals surface area contributed by atoms with Crippen LogP contribution in [0.4, 0.5) is 0 Å². The maximum absolute atomic E-state index is 12.7. The maximum atomic E-state index is 12.7. The largest absolute Gasteiger partial charge is 0.492 e. The number of hydrogen-bond donors (Lipinski definition) is 0. The predicted molar refractivity (Wildman–Crippen MR) is 109 cm³/mol. The van der Waals surface area contributed by atoms with Gasteiger partial charge in [-0.05, 0) is 45.0 Å². The fourth-order valence-electron chi connectivity index (χ4n) is 2.89. The Hall–Kier alpha value is -2.44. The summed E-state index contributed by atoms with van der Waals surface area (Å²) in [4.78, 5) is 17.8. The van der Waals surface area contributed by atoms with E-state index in [1.54, 1.807) is 6.07 Å². The number of carbonyl (C=O) groups excluding carboxylic acids is 1. The molecule has 0 aliphatic carbocycles. The second kappa shape index (κ2) is 8.97. The second-order valence-corrected chi connectivity index (χ2v) is 7.06. The zero-order valence-corrected chi connectivity index (χ0v) is 16.7. The number of aryl methyl sites for hydroxylation is 1. The predicted octanol–water partition coefficient (Wildman–Crippen LogP) is 4.19. The van der Waals surface area contributed by atoms with Gasteiger partial charge in [-0.3, -0.25) is 4.79 Å². The monoisotopic (exact) mass is 384 g/mol. The molecule has 3 aromatic rings. The lowest BCUT2D eigenvalue weighted by molar-refractivity contribution is 0.0996. The molecular weight excluding hydrogens is 360 g/mol. The van der Waals surface area contributed by atoms with Crippen molar-refractivity contribution in [3.05, 3.63) is 58.4 Å². The van der Waals surface area contributed by atoms with Gasteiger partial charge in [0.05, 0.1) is 17.9 Å². The number of aromatic nitrogens is 1. The van der Waals surface area contributed by atoms with Crippen LogP contribution in [-0.4, -0.2) is 30.3 Å². The molecule has 2 aromatic carbocycles. The van der Waals surface area contributed by atoms with Gasteiger partial charge in [0, 0.05) is 18.7 Å². The van der Waals surface area contributed by atoms with Crippen molar-refractivity contribution in [2.24, 2.45) is 4.99 Å². The van der Waals surface area contributed by atoms with Crippen molar-refractivity contribution >= 4 is 27.5 Å². The highest BCUT2D eigenvalue weighted by Crippen LogP contribution is 2.27. The third-order valence-corrected chi connectivity index (χ3v) is 5.13. The molecule has 0 aliphatic heterocycles. The fraction of sp³-hybridized carbons (Fsp3) is 0.333. The third-order valence-electron chi connectivity index (χ3n) is 4.09. The Labute approximate surface area is 162 Å². The van der Waals surface area contributed by atoms with E-state index in [1.807, 2.05) is 61.7 Å². The zero-order valence-electron chi connectivity index (χ0n) is 15.9. The standard InChI is InChI=1S/C21H24N2O3S/c1-4-25-13-12-23-19-17(26-5-2)10-7-11-18(19)27-21(23)22-20(24)16-9-6-8-15(3)14-16/h6-11,14H,4-5,12-13H2,1-3H3. The Balaban J connectivity index is 2.11. The van der Waals surface area contributed by atoms with E-state index >= 15 is 0 Å². The molecule has 27 heavy (non-hydrogen) atoms. The number of amides is 1. The number of para-hydroxylation sites is 1. The lowest BCUT2D eigenvalue weighted by Gasteiger charge is -2.09. The minimum atomic E-state index is -0.242. The van der Waals surface area contributed by atoms with E-state index in [1.165, 1.54) is 11.3 Å². The minimum absolute atomic E-state index is 0.242. The first-order valence-electron chi connectivity index (χ1n) is 9.12. The van der Waals surface area contributed by atoms with Crippen LogP contribution >= 0.6 is 11.3 Å². The molecule has 3 rings (SSSR count). The first-order chi connectivity index (χ1) is 13.1. The number of fused-ring (bicyclic) bond motifs is 1. The molecule has 0 bridgehead atoms. The van der Waals surface area contributed by atoms with Crippen molar-refractivity contribution in [3.63, 3.8) is 0 Å². The van der Waals surface area contributed by atoms with Crippen LogP contribution in [-0.2, 0) is 11.3 Å². The summed E-state index contributed by atoms with van der Waals surface area (Å²) >= 11 is 1.49. The van der Waals surface area contributed by atoms with Crippen molar-refractivity contribution in [1.82, 2.24) is 4.57 Å². The molecule has 0 aliphatic rings. The normalized spacial score (nSPS) is 11.9. The van der Waals surface area contributed by atoms with E-state index in [9.17, 15) is 4.79 Å². The summed E-state index contributed by atoms with van der Waals surface area (Å²) < 4.78 is 14.4. The molecule has 0 saturated carbocycles. The Morgan fingerprint density at radius 3 is 2.70 bits per heavy atom. The van der Waals surface area contributed by atoms with Gasteiger partial charge in [0.2, 0.25) is 0 Å². The van der Waals surface area contributed by atoms with Gasteiger partial charge < -0.3 is 14.0 Å². The maximum Gasteiger partial charge on any atom is 0.279 e. The first kappa shape index (κ1) is 19.3. The molecule has 0 atom stereocenters. The molecule has 6 heteroatoms. The number of rotatable bonds is 7. The van der Waals surface area contributed by atoms with Crippen LogP contribution in [0.1, 0.15) is 29.8 Å². The van der Waals surface area contributed by atoms with Gasteiger partial charge in [0.25, 0.3) is 5.91 Å². The first-order valence-corrected chi connectivity index (χ1v) is 9.94. The van der Waals surface area contributed by atoms with Crippen molar-refractivity contribution in [2.75, 3.05) is 19.8 Å². The summed E-state index contributed by atoms with van der Waals surface area (Å²) in [6.07, 6.45) is 0. The van der Waals surface area contributed by atoms with Gasteiger partial charge in [-0.2, -0.15) is 4.99 Å². The van der Waals surface area contributed by atoms with Crippen molar-refractivity contribution in [1.29, 1.82) is 0 Å². The number of nitrogens with zero attached hydrogens (tertiary/aromatic N) is 2. The van der Waals surface area contributed by atoms with Crippen LogP contribution in [0.25, 0.3) is 10.2 Å². The molecule has 1 heterocycles. The number of carbonyl (C=O) groups is 1. The van der Waals surface area contributed by atoms with Crippen molar-refractivity contribution in [3.8, 4) is 5.75 Å². The van der Waals surface area contributed by atoms with E-state index < -0.39 is 0 Å². The molecule has 0 fully saturated rings. The molecule has 1 amide bonds. The molecule has 1 aromatic heterocycles. The molecule has 142 valence electrons. The van der Waals surface area contributed by atoms with Gasteiger partial charge in [-0.1, -0.05) is 35.1 Å². The summed E-state index contributed by atoms with van der Waals surface area (Å²) in [6, 6.07) is 13.4. The van der Waals surface area contributed by atoms with Gasteiger partial charge in [0.1, 0.15) is 11.3 Å². The van der Waals surface area contributed by atoms with Crippen molar-refractivity contribution in [2.45, 2.75) is 27.3 Å². The molecule has 0 saturated heterocycles. The number of benzene rings is 2. The Kier molecular flexibility index (Phi) is 6.42. The number of hydrogen-bond acceptors (Lipinski definition) is 4. The number of ether oxygens (including phenoxy) is 2. The minimum Gasteiger partial charge on any atom is -0.492 e. The molecule has 0 radical (unpaired) electrons. The van der Waals surface area contributed by atoms with Gasteiger partial charge >= 0.3 is 0 Å². The molecule has 0 unspecified atom stereocenters. The summed E-state index contributed by atoms with van der Waals surface area (Å²) in [7, 11) is 0. The van der Waals surface area contributed by atoms with Crippen LogP contribution in [0, 0.1) is 6.92 Å². The quantitative estimate of drug-likeness (QED) is 0.574. The van der Waals surface area contributed by atoms with Gasteiger partial charge in [0.15, 0.2) is 4.80 Å². The van der Waals surface area contributed by atoms with E-state index in [4.69, 9.17) is 9.47 Å². The summed E-state index contributed by atoms with van der Waals surface area (Å²) in [6.45, 7) is 8.28. The summed E-state index contributed by atoms with van der Waals surface area (Å²) in [5.74, 6) is 0.556. The topological polar surface area (TPSA) is 52.8 Å². The second-order valence-electron chi connectivity index (χ2n) is 6.06. The Morgan fingerprint density at radius 1 is 1.15 bits per heavy atom. The third kappa shape index (κ3) is 4.46. The fourth-order valence-corrected chi connectivity index (χ4v) is 3.96. The summed E-state index contributed by atoms with van der Waals surface area (Å²) in [5, 5.41) is 0. The highest BCUT2D eigenvalue weighted by atomic mass is 32.1. The van der Waals surface area contributed by atoms with Crippen LogP contribution in [0.15, 0.2) is 47.5 Å². The van der Waals surface area contributed by atoms with E-state index in [2.05, 4.69) is 4.99 Å². The molecule has 5 nitrogen and oxygen atoms in total. The average Bonchev–Trinajstić information content (AvgIpc) is 3.00. The highest BCUT2D eigenvalue weighted by Gasteiger charge is 2.13. The smallest absolute Gasteiger partial charge is 0.279 e. The Morgan fingerprint density at radius 2 is 1.96 bits per heavy atom. The lowest BCUT2D eigenvalue weighted by atomic mass is 10.1. The Bertz CT molecular complexity index is 1000. The van der Waals surface area contributed by atoms with E-state index in [0.717, 1.165) is 21.5 Å². The average molecular weight is 385 g/mol. The van der Waals surface area contributed by atoms with Crippen LogP contribution in [0.3, 0.4) is 0 Å². The van der Waals surface area contributed by atoms with Crippen LogP contribution < -0.4 is 9.54 Å². The van der Waals surface area contributed by atoms with E-state index in [0.29, 0.717) is 36.7 Å². The van der Waals surface area contributed by atoms with Crippen LogP contribution in [0.5, 0.6) is 5.75 Å². The SMILES string of the molecule is CCOCCn1c(=NC(=O)c2cccc(C)c2)sc2cccc(OCC)c21. The molecule has 0 N–H and O–H groups in total. The zero-order chi connectivity index (χ0) is 19.2. The van der Waals surface area contributed by atoms with Gasteiger partial charge in [-0.25, -0.2) is 0 Å². The van der Waals surface area contributed by atoms with Gasteiger partial charge in [-0.15, -0.1) is 0 Å².